The minimum absolute atomic E-state index is 0.141. The third-order valence-corrected chi connectivity index (χ3v) is 3.03. The molecule has 0 bridgehead atoms. The summed E-state index contributed by atoms with van der Waals surface area (Å²) in [5.74, 6) is 0.406. The van der Waals surface area contributed by atoms with Crippen molar-refractivity contribution in [2.24, 2.45) is 0 Å². The molecule has 1 aromatic heterocycles. The average Bonchev–Trinajstić information content (AvgIpc) is 2.96. The number of benzene rings is 1. The Balaban J connectivity index is 1.80. The molecule has 18 heavy (non-hydrogen) atoms. The third-order valence-electron chi connectivity index (χ3n) is 3.03. The summed E-state index contributed by atoms with van der Waals surface area (Å²) in [5.41, 5.74) is 3.88. The minimum Gasteiger partial charge on any atom is -0.384 e. The predicted molar refractivity (Wildman–Crippen MR) is 69.9 cm³/mol. The second kappa shape index (κ2) is 4.18. The van der Waals surface area contributed by atoms with Crippen molar-refractivity contribution in [3.63, 3.8) is 0 Å². The summed E-state index contributed by atoms with van der Waals surface area (Å²) in [6.45, 7) is 2.83. The first-order chi connectivity index (χ1) is 8.72. The summed E-state index contributed by atoms with van der Waals surface area (Å²) in [5, 5.41) is 12.8. The smallest absolute Gasteiger partial charge is 0.256 e. The van der Waals surface area contributed by atoms with E-state index in [9.17, 15) is 4.79 Å². The largest absolute Gasteiger partial charge is 0.384 e. The van der Waals surface area contributed by atoms with Gasteiger partial charge in [-0.05, 0) is 31.0 Å². The molecule has 1 amide bonds. The lowest BCUT2D eigenvalue weighted by molar-refractivity contribution is 0.102. The van der Waals surface area contributed by atoms with Gasteiger partial charge in [0.25, 0.3) is 5.91 Å². The predicted octanol–water partition coefficient (Wildman–Crippen LogP) is 1.94. The zero-order chi connectivity index (χ0) is 12.5. The molecule has 0 saturated heterocycles. The Kier molecular flexibility index (Phi) is 2.51. The molecule has 0 fully saturated rings. The molecule has 1 aliphatic rings. The molecule has 1 aromatic carbocycles. The molecule has 0 aliphatic carbocycles. The van der Waals surface area contributed by atoms with E-state index in [1.165, 1.54) is 5.56 Å². The van der Waals surface area contributed by atoms with Crippen LogP contribution in [0.2, 0.25) is 0 Å². The van der Waals surface area contributed by atoms with E-state index in [-0.39, 0.29) is 5.91 Å². The van der Waals surface area contributed by atoms with Gasteiger partial charge < -0.3 is 10.6 Å². The number of hydrogen-bond donors (Lipinski definition) is 3. The van der Waals surface area contributed by atoms with Crippen molar-refractivity contribution in [3.05, 3.63) is 41.1 Å². The van der Waals surface area contributed by atoms with Crippen LogP contribution in [-0.2, 0) is 6.42 Å². The van der Waals surface area contributed by atoms with Crippen molar-refractivity contribution >= 4 is 17.4 Å². The Labute approximate surface area is 105 Å². The number of aromatic amines is 1. The normalized spacial score (nSPS) is 12.9. The van der Waals surface area contributed by atoms with E-state index in [0.717, 1.165) is 24.3 Å². The Morgan fingerprint density at radius 2 is 2.28 bits per heavy atom. The molecule has 0 radical (unpaired) electrons. The van der Waals surface area contributed by atoms with E-state index in [2.05, 4.69) is 20.8 Å². The van der Waals surface area contributed by atoms with Gasteiger partial charge in [0.1, 0.15) is 0 Å². The maximum absolute atomic E-state index is 12.0. The molecular formula is C13H14N4O. The van der Waals surface area contributed by atoms with Crippen molar-refractivity contribution in [1.82, 2.24) is 10.2 Å². The van der Waals surface area contributed by atoms with Crippen LogP contribution in [0, 0.1) is 6.92 Å². The number of H-pyrrole nitrogens is 1. The fourth-order valence-electron chi connectivity index (χ4n) is 2.10. The molecule has 0 saturated carbocycles. The molecule has 3 N–H and O–H groups in total. The molecule has 2 heterocycles. The van der Waals surface area contributed by atoms with Crippen LogP contribution >= 0.6 is 0 Å². The van der Waals surface area contributed by atoms with Crippen LogP contribution in [0.3, 0.4) is 0 Å². The van der Waals surface area contributed by atoms with Crippen molar-refractivity contribution in [1.29, 1.82) is 0 Å². The second-order valence-corrected chi connectivity index (χ2v) is 4.44. The summed E-state index contributed by atoms with van der Waals surface area (Å²) in [6, 6.07) is 7.53. The van der Waals surface area contributed by atoms with Gasteiger partial charge in [0.15, 0.2) is 5.82 Å². The first-order valence-corrected chi connectivity index (χ1v) is 5.92. The van der Waals surface area contributed by atoms with Crippen molar-refractivity contribution < 1.29 is 4.79 Å². The first kappa shape index (κ1) is 10.8. The minimum atomic E-state index is -0.141. The molecule has 0 atom stereocenters. The molecule has 2 aromatic rings. The Morgan fingerprint density at radius 3 is 3.06 bits per heavy atom. The van der Waals surface area contributed by atoms with Gasteiger partial charge in [-0.25, -0.2) is 0 Å². The lowest BCUT2D eigenvalue weighted by Gasteiger charge is -2.04. The summed E-state index contributed by atoms with van der Waals surface area (Å²) in [6.07, 6.45) is 1.02. The molecule has 0 unspecified atom stereocenters. The molecule has 5 heteroatoms. The number of nitrogens with zero attached hydrogens (tertiary/aromatic N) is 1. The van der Waals surface area contributed by atoms with Gasteiger partial charge in [0, 0.05) is 29.6 Å². The van der Waals surface area contributed by atoms with Gasteiger partial charge in [0.05, 0.1) is 0 Å². The SMILES string of the molecule is Cc1cc(NC(=O)c2ccc3c(c2)NCC3)n[nH]1. The standard InChI is InChI=1S/C13H14N4O/c1-8-6-12(17-16-8)15-13(18)10-3-2-9-4-5-14-11(9)7-10/h2-3,6-7,14H,4-5H2,1H3,(H2,15,16,17,18). The maximum atomic E-state index is 12.0. The van der Waals surface area contributed by atoms with Crippen LogP contribution in [0.1, 0.15) is 21.6 Å². The number of anilines is 2. The van der Waals surface area contributed by atoms with Gasteiger partial charge >= 0.3 is 0 Å². The number of amides is 1. The van der Waals surface area contributed by atoms with Gasteiger partial charge in [0.2, 0.25) is 0 Å². The number of rotatable bonds is 2. The van der Waals surface area contributed by atoms with Crippen molar-refractivity contribution in [2.75, 3.05) is 17.2 Å². The molecular weight excluding hydrogens is 228 g/mol. The zero-order valence-corrected chi connectivity index (χ0v) is 10.1. The number of aryl methyl sites for hydroxylation is 1. The Hall–Kier alpha value is -2.30. The highest BCUT2D eigenvalue weighted by molar-refractivity contribution is 6.04. The van der Waals surface area contributed by atoms with Crippen molar-refractivity contribution in [3.8, 4) is 0 Å². The van der Waals surface area contributed by atoms with E-state index in [0.29, 0.717) is 11.4 Å². The van der Waals surface area contributed by atoms with Gasteiger partial charge in [-0.15, -0.1) is 0 Å². The van der Waals surface area contributed by atoms with E-state index in [4.69, 9.17) is 0 Å². The van der Waals surface area contributed by atoms with E-state index in [1.54, 1.807) is 6.07 Å². The Bertz CT molecular complexity index is 603. The lowest BCUT2D eigenvalue weighted by Crippen LogP contribution is -2.12. The quantitative estimate of drug-likeness (QED) is 0.753. The monoisotopic (exact) mass is 242 g/mol. The van der Waals surface area contributed by atoms with Gasteiger partial charge in [-0.2, -0.15) is 5.10 Å². The summed E-state index contributed by atoms with van der Waals surface area (Å²) >= 11 is 0. The van der Waals surface area contributed by atoms with Crippen LogP contribution in [0.4, 0.5) is 11.5 Å². The number of carbonyl (C=O) groups excluding carboxylic acids is 1. The van der Waals surface area contributed by atoms with E-state index >= 15 is 0 Å². The summed E-state index contributed by atoms with van der Waals surface area (Å²) in [7, 11) is 0. The number of fused-ring (bicyclic) bond motifs is 1. The van der Waals surface area contributed by atoms with Crippen molar-refractivity contribution in [2.45, 2.75) is 13.3 Å². The highest BCUT2D eigenvalue weighted by atomic mass is 16.1. The third kappa shape index (κ3) is 1.95. The summed E-state index contributed by atoms with van der Waals surface area (Å²) < 4.78 is 0. The summed E-state index contributed by atoms with van der Waals surface area (Å²) in [4.78, 5) is 12.0. The van der Waals surface area contributed by atoms with Crippen LogP contribution in [-0.4, -0.2) is 22.6 Å². The average molecular weight is 242 g/mol. The van der Waals surface area contributed by atoms with Crippen LogP contribution < -0.4 is 10.6 Å². The van der Waals surface area contributed by atoms with E-state index < -0.39 is 0 Å². The topological polar surface area (TPSA) is 69.8 Å². The fourth-order valence-corrected chi connectivity index (χ4v) is 2.10. The van der Waals surface area contributed by atoms with Gasteiger partial charge in [-0.3, -0.25) is 9.89 Å². The molecule has 92 valence electrons. The molecule has 3 rings (SSSR count). The molecule has 0 spiro atoms. The second-order valence-electron chi connectivity index (χ2n) is 4.44. The zero-order valence-electron chi connectivity index (χ0n) is 10.1. The number of hydrogen-bond acceptors (Lipinski definition) is 3. The highest BCUT2D eigenvalue weighted by Crippen LogP contribution is 2.23. The number of aromatic nitrogens is 2. The number of nitrogens with one attached hydrogen (secondary N) is 3. The number of carbonyl (C=O) groups is 1. The van der Waals surface area contributed by atoms with Crippen LogP contribution in [0.25, 0.3) is 0 Å². The van der Waals surface area contributed by atoms with Crippen LogP contribution in [0.15, 0.2) is 24.3 Å². The Morgan fingerprint density at radius 1 is 1.39 bits per heavy atom. The van der Waals surface area contributed by atoms with E-state index in [1.807, 2.05) is 25.1 Å². The fraction of sp³-hybridized carbons (Fsp3) is 0.231. The van der Waals surface area contributed by atoms with Crippen LogP contribution in [0.5, 0.6) is 0 Å². The highest BCUT2D eigenvalue weighted by Gasteiger charge is 2.14. The maximum Gasteiger partial charge on any atom is 0.256 e. The molecule has 1 aliphatic heterocycles. The van der Waals surface area contributed by atoms with Gasteiger partial charge in [-0.1, -0.05) is 6.07 Å². The lowest BCUT2D eigenvalue weighted by atomic mass is 10.1. The first-order valence-electron chi connectivity index (χ1n) is 5.92. The molecule has 5 nitrogen and oxygen atoms in total.